The van der Waals surface area contributed by atoms with E-state index in [2.05, 4.69) is 0 Å². The van der Waals surface area contributed by atoms with Crippen molar-refractivity contribution in [2.24, 2.45) is 0 Å². The van der Waals surface area contributed by atoms with E-state index in [-0.39, 0.29) is 17.5 Å². The normalized spacial score (nSPS) is 9.81. The topological polar surface area (TPSA) is 43.4 Å². The summed E-state index contributed by atoms with van der Waals surface area (Å²) in [5.41, 5.74) is 0.663. The molecule has 0 N–H and O–H groups in total. The highest BCUT2D eigenvalue weighted by Gasteiger charge is 2.07. The third-order valence-corrected chi connectivity index (χ3v) is 2.76. The van der Waals surface area contributed by atoms with Gasteiger partial charge in [0.25, 0.3) is 0 Å². The summed E-state index contributed by atoms with van der Waals surface area (Å²) >= 11 is 1.14. The minimum Gasteiger partial charge on any atom is -0.466 e. The van der Waals surface area contributed by atoms with Gasteiger partial charge < -0.3 is 4.74 Å². The van der Waals surface area contributed by atoms with Gasteiger partial charge in [-0.25, -0.2) is 0 Å². The maximum Gasteiger partial charge on any atom is 0.306 e. The van der Waals surface area contributed by atoms with E-state index in [1.807, 2.05) is 18.2 Å². The monoisotopic (exact) mass is 238 g/mol. The summed E-state index contributed by atoms with van der Waals surface area (Å²) in [7, 11) is 0. The van der Waals surface area contributed by atoms with E-state index >= 15 is 0 Å². The lowest BCUT2D eigenvalue weighted by atomic mass is 10.2. The molecule has 0 radical (unpaired) electrons. The fourth-order valence-electron chi connectivity index (χ4n) is 1.12. The van der Waals surface area contributed by atoms with Crippen LogP contribution in [-0.4, -0.2) is 23.4 Å². The highest BCUT2D eigenvalue weighted by atomic mass is 32.2. The summed E-state index contributed by atoms with van der Waals surface area (Å²) in [5.74, 6) is 0.211. The van der Waals surface area contributed by atoms with Crippen molar-refractivity contribution in [3.63, 3.8) is 0 Å². The summed E-state index contributed by atoms with van der Waals surface area (Å²) in [6.45, 7) is 2.15. The van der Waals surface area contributed by atoms with E-state index < -0.39 is 0 Å². The molecule has 0 saturated heterocycles. The number of hydrogen-bond donors (Lipinski definition) is 0. The second-order valence-corrected chi connectivity index (χ2v) is 4.12. The number of ether oxygens (including phenoxy) is 1. The van der Waals surface area contributed by atoms with Crippen LogP contribution in [0.5, 0.6) is 0 Å². The Morgan fingerprint density at radius 3 is 2.56 bits per heavy atom. The Hall–Kier alpha value is -1.29. The van der Waals surface area contributed by atoms with Crippen molar-refractivity contribution in [2.75, 3.05) is 12.4 Å². The van der Waals surface area contributed by atoms with Gasteiger partial charge >= 0.3 is 5.97 Å². The number of esters is 1. The quantitative estimate of drug-likeness (QED) is 0.739. The van der Waals surface area contributed by atoms with Gasteiger partial charge in [0.15, 0.2) is 0 Å². The maximum atomic E-state index is 11.6. The van der Waals surface area contributed by atoms with Gasteiger partial charge in [-0.05, 0) is 6.92 Å². The zero-order valence-corrected chi connectivity index (χ0v) is 9.96. The third kappa shape index (κ3) is 4.49. The molecule has 0 spiro atoms. The first kappa shape index (κ1) is 12.8. The second kappa shape index (κ2) is 7.06. The van der Waals surface area contributed by atoms with Gasteiger partial charge in [-0.3, -0.25) is 9.59 Å². The molecule has 4 heteroatoms. The van der Waals surface area contributed by atoms with E-state index in [4.69, 9.17) is 4.74 Å². The van der Waals surface area contributed by atoms with Crippen molar-refractivity contribution in [1.82, 2.24) is 0 Å². The highest BCUT2D eigenvalue weighted by Crippen LogP contribution is 2.13. The van der Waals surface area contributed by atoms with Gasteiger partial charge in [0.1, 0.15) is 0 Å². The van der Waals surface area contributed by atoms with Crippen LogP contribution in [0.15, 0.2) is 30.3 Å². The molecule has 0 aliphatic carbocycles. The zero-order valence-electron chi connectivity index (χ0n) is 9.14. The number of carbonyl (C=O) groups is 2. The van der Waals surface area contributed by atoms with Gasteiger partial charge in [-0.15, -0.1) is 0 Å². The predicted molar refractivity (Wildman–Crippen MR) is 64.5 cm³/mol. The Labute approximate surface area is 99.2 Å². The first-order valence-corrected chi connectivity index (χ1v) is 6.10. The van der Waals surface area contributed by atoms with Crippen molar-refractivity contribution < 1.29 is 14.3 Å². The Kier molecular flexibility index (Phi) is 5.64. The van der Waals surface area contributed by atoms with Crippen LogP contribution in [-0.2, 0) is 9.53 Å². The molecule has 86 valence electrons. The maximum absolute atomic E-state index is 11.6. The van der Waals surface area contributed by atoms with Gasteiger partial charge in [-0.1, -0.05) is 42.1 Å². The summed E-state index contributed by atoms with van der Waals surface area (Å²) in [6.07, 6.45) is 0.275. The van der Waals surface area contributed by atoms with E-state index in [9.17, 15) is 9.59 Å². The fraction of sp³-hybridized carbons (Fsp3) is 0.333. The van der Waals surface area contributed by atoms with E-state index in [0.717, 1.165) is 11.8 Å². The largest absolute Gasteiger partial charge is 0.466 e. The van der Waals surface area contributed by atoms with Crippen molar-refractivity contribution in [1.29, 1.82) is 0 Å². The lowest BCUT2D eigenvalue weighted by Gasteiger charge is -2.01. The SMILES string of the molecule is CCOC(=O)CCSC(=O)c1ccccc1. The fourth-order valence-corrected chi connectivity index (χ4v) is 1.87. The van der Waals surface area contributed by atoms with E-state index in [1.165, 1.54) is 0 Å². The molecule has 16 heavy (non-hydrogen) atoms. The molecule has 1 aromatic carbocycles. The number of benzene rings is 1. The molecule has 0 fully saturated rings. The summed E-state index contributed by atoms with van der Waals surface area (Å²) in [6, 6.07) is 9.03. The molecule has 0 aromatic heterocycles. The second-order valence-electron chi connectivity index (χ2n) is 3.06. The lowest BCUT2D eigenvalue weighted by Crippen LogP contribution is -2.06. The van der Waals surface area contributed by atoms with Crippen LogP contribution in [0.2, 0.25) is 0 Å². The average molecular weight is 238 g/mol. The molecule has 0 saturated carbocycles. The Balaban J connectivity index is 2.29. The molecule has 0 heterocycles. The Morgan fingerprint density at radius 1 is 1.25 bits per heavy atom. The molecular formula is C12H14O3S. The van der Waals surface area contributed by atoms with Crippen LogP contribution in [0.1, 0.15) is 23.7 Å². The van der Waals surface area contributed by atoms with Crippen LogP contribution in [0.3, 0.4) is 0 Å². The van der Waals surface area contributed by atoms with Gasteiger partial charge in [0.05, 0.1) is 13.0 Å². The third-order valence-electron chi connectivity index (χ3n) is 1.85. The predicted octanol–water partition coefficient (Wildman–Crippen LogP) is 2.51. The molecule has 0 aliphatic heterocycles. The van der Waals surface area contributed by atoms with Gasteiger partial charge in [-0.2, -0.15) is 0 Å². The molecule has 0 atom stereocenters. The zero-order chi connectivity index (χ0) is 11.8. The summed E-state index contributed by atoms with van der Waals surface area (Å²) in [4.78, 5) is 22.6. The Bertz CT molecular complexity index is 349. The van der Waals surface area contributed by atoms with Crippen LogP contribution < -0.4 is 0 Å². The molecule has 0 bridgehead atoms. The standard InChI is InChI=1S/C12H14O3S/c1-2-15-11(13)8-9-16-12(14)10-6-4-3-5-7-10/h3-7H,2,8-9H2,1H3. The van der Waals surface area contributed by atoms with Crippen molar-refractivity contribution in [2.45, 2.75) is 13.3 Å². The van der Waals surface area contributed by atoms with Crippen LogP contribution >= 0.6 is 11.8 Å². The molecular weight excluding hydrogens is 224 g/mol. The number of thioether (sulfide) groups is 1. The molecule has 1 aromatic rings. The highest BCUT2D eigenvalue weighted by molar-refractivity contribution is 8.14. The molecule has 1 rings (SSSR count). The minimum atomic E-state index is -0.254. The number of carbonyl (C=O) groups excluding carboxylic acids is 2. The van der Waals surface area contributed by atoms with E-state index in [0.29, 0.717) is 17.9 Å². The van der Waals surface area contributed by atoms with Crippen LogP contribution in [0, 0.1) is 0 Å². The molecule has 0 unspecified atom stereocenters. The summed E-state index contributed by atoms with van der Waals surface area (Å²) in [5, 5.41) is -0.00935. The number of hydrogen-bond acceptors (Lipinski definition) is 4. The molecule has 0 amide bonds. The van der Waals surface area contributed by atoms with Gasteiger partial charge in [0.2, 0.25) is 5.12 Å². The van der Waals surface area contributed by atoms with Crippen molar-refractivity contribution >= 4 is 22.8 Å². The van der Waals surface area contributed by atoms with Gasteiger partial charge in [0, 0.05) is 11.3 Å². The summed E-state index contributed by atoms with van der Waals surface area (Å²) < 4.78 is 4.77. The Morgan fingerprint density at radius 2 is 1.94 bits per heavy atom. The smallest absolute Gasteiger partial charge is 0.306 e. The first-order valence-electron chi connectivity index (χ1n) is 5.12. The average Bonchev–Trinajstić information content (AvgIpc) is 2.30. The molecule has 3 nitrogen and oxygen atoms in total. The van der Waals surface area contributed by atoms with Crippen LogP contribution in [0.4, 0.5) is 0 Å². The van der Waals surface area contributed by atoms with Crippen molar-refractivity contribution in [3.8, 4) is 0 Å². The number of rotatable bonds is 5. The first-order chi connectivity index (χ1) is 7.74. The molecule has 0 aliphatic rings. The van der Waals surface area contributed by atoms with Crippen LogP contribution in [0.25, 0.3) is 0 Å². The minimum absolute atomic E-state index is 0.00935. The van der Waals surface area contributed by atoms with E-state index in [1.54, 1.807) is 19.1 Å². The lowest BCUT2D eigenvalue weighted by molar-refractivity contribution is -0.142. The van der Waals surface area contributed by atoms with Crippen molar-refractivity contribution in [3.05, 3.63) is 35.9 Å².